The highest BCUT2D eigenvalue weighted by molar-refractivity contribution is 7.89. The number of rotatable bonds is 7. The minimum atomic E-state index is -3.60. The van der Waals surface area contributed by atoms with Crippen molar-refractivity contribution in [2.24, 2.45) is 0 Å². The van der Waals surface area contributed by atoms with E-state index in [0.717, 1.165) is 36.8 Å². The number of benzene rings is 2. The second kappa shape index (κ2) is 10.7. The van der Waals surface area contributed by atoms with Crippen LogP contribution in [0.3, 0.4) is 0 Å². The fourth-order valence-corrected chi connectivity index (χ4v) is 5.59. The van der Waals surface area contributed by atoms with Crippen molar-refractivity contribution in [2.45, 2.75) is 56.9 Å². The third-order valence-electron chi connectivity index (χ3n) is 5.79. The van der Waals surface area contributed by atoms with Gasteiger partial charge in [0.15, 0.2) is 0 Å². The van der Waals surface area contributed by atoms with E-state index in [-0.39, 0.29) is 17.5 Å². The van der Waals surface area contributed by atoms with Crippen LogP contribution in [0.15, 0.2) is 53.4 Å². The Morgan fingerprint density at radius 3 is 2.34 bits per heavy atom. The van der Waals surface area contributed by atoms with E-state index in [9.17, 15) is 18.0 Å². The topological polar surface area (TPSA) is 95.6 Å². The SMILES string of the molecule is CCc1ccc(NC(=O)C(=O)NCCC2CCCCN2S(=O)(=O)c2ccc(C)cc2)cc1. The Kier molecular flexibility index (Phi) is 8.04. The number of carbonyl (C=O) groups is 2. The summed E-state index contributed by atoms with van der Waals surface area (Å²) in [6.07, 6.45) is 3.83. The summed E-state index contributed by atoms with van der Waals surface area (Å²) in [5.74, 6) is -1.46. The summed E-state index contributed by atoms with van der Waals surface area (Å²) in [5.41, 5.74) is 2.71. The molecule has 172 valence electrons. The summed E-state index contributed by atoms with van der Waals surface area (Å²) >= 11 is 0. The number of carbonyl (C=O) groups excluding carboxylic acids is 2. The van der Waals surface area contributed by atoms with Crippen LogP contribution in [-0.2, 0) is 26.0 Å². The van der Waals surface area contributed by atoms with E-state index < -0.39 is 21.8 Å². The zero-order chi connectivity index (χ0) is 23.1. The van der Waals surface area contributed by atoms with Gasteiger partial charge in [0, 0.05) is 24.8 Å². The van der Waals surface area contributed by atoms with Gasteiger partial charge in [-0.3, -0.25) is 9.59 Å². The van der Waals surface area contributed by atoms with Crippen LogP contribution in [0.5, 0.6) is 0 Å². The highest BCUT2D eigenvalue weighted by Gasteiger charge is 2.33. The van der Waals surface area contributed by atoms with Gasteiger partial charge < -0.3 is 10.6 Å². The first-order chi connectivity index (χ1) is 15.3. The van der Waals surface area contributed by atoms with Crippen LogP contribution < -0.4 is 10.6 Å². The van der Waals surface area contributed by atoms with Crippen molar-refractivity contribution >= 4 is 27.5 Å². The molecule has 1 aliphatic heterocycles. The third kappa shape index (κ3) is 5.95. The van der Waals surface area contributed by atoms with Crippen molar-refractivity contribution < 1.29 is 18.0 Å². The van der Waals surface area contributed by atoms with Crippen LogP contribution >= 0.6 is 0 Å². The van der Waals surface area contributed by atoms with Gasteiger partial charge in [0.2, 0.25) is 10.0 Å². The monoisotopic (exact) mass is 457 g/mol. The van der Waals surface area contributed by atoms with E-state index in [1.54, 1.807) is 40.7 Å². The number of piperidine rings is 1. The zero-order valence-corrected chi connectivity index (χ0v) is 19.5. The van der Waals surface area contributed by atoms with E-state index in [1.165, 1.54) is 0 Å². The molecule has 1 atom stereocenters. The van der Waals surface area contributed by atoms with Crippen molar-refractivity contribution in [1.82, 2.24) is 9.62 Å². The molecule has 2 amide bonds. The van der Waals surface area contributed by atoms with Gasteiger partial charge in [0.1, 0.15) is 0 Å². The fourth-order valence-electron chi connectivity index (χ4n) is 3.87. The molecule has 8 heteroatoms. The van der Waals surface area contributed by atoms with Gasteiger partial charge in [-0.15, -0.1) is 0 Å². The molecule has 0 spiro atoms. The largest absolute Gasteiger partial charge is 0.348 e. The van der Waals surface area contributed by atoms with Gasteiger partial charge in [-0.1, -0.05) is 43.2 Å². The maximum absolute atomic E-state index is 13.1. The number of hydrogen-bond donors (Lipinski definition) is 2. The Morgan fingerprint density at radius 2 is 1.69 bits per heavy atom. The van der Waals surface area contributed by atoms with Gasteiger partial charge in [-0.05, 0) is 62.4 Å². The molecule has 1 unspecified atom stereocenters. The van der Waals surface area contributed by atoms with Crippen molar-refractivity contribution in [3.05, 3.63) is 59.7 Å². The quantitative estimate of drug-likeness (QED) is 0.624. The Hall–Kier alpha value is -2.71. The molecule has 2 aromatic rings. The first-order valence-corrected chi connectivity index (χ1v) is 12.5. The molecule has 1 fully saturated rings. The lowest BCUT2D eigenvalue weighted by molar-refractivity contribution is -0.136. The lowest BCUT2D eigenvalue weighted by Crippen LogP contribution is -2.45. The maximum atomic E-state index is 13.1. The van der Waals surface area contributed by atoms with E-state index in [4.69, 9.17) is 0 Å². The molecule has 0 aliphatic carbocycles. The summed E-state index contributed by atoms with van der Waals surface area (Å²) < 4.78 is 27.8. The first kappa shape index (κ1) is 23.9. The normalized spacial score (nSPS) is 17.0. The van der Waals surface area contributed by atoms with Crippen LogP contribution in [0.25, 0.3) is 0 Å². The van der Waals surface area contributed by atoms with E-state index in [0.29, 0.717) is 18.7 Å². The number of nitrogens with zero attached hydrogens (tertiary/aromatic N) is 1. The molecule has 2 aromatic carbocycles. The number of sulfonamides is 1. The number of anilines is 1. The van der Waals surface area contributed by atoms with Crippen molar-refractivity contribution in [3.63, 3.8) is 0 Å². The summed E-state index contributed by atoms with van der Waals surface area (Å²) in [4.78, 5) is 24.6. The van der Waals surface area contributed by atoms with Gasteiger partial charge in [0.05, 0.1) is 4.90 Å². The van der Waals surface area contributed by atoms with Crippen molar-refractivity contribution in [3.8, 4) is 0 Å². The zero-order valence-electron chi connectivity index (χ0n) is 18.6. The molecule has 1 saturated heterocycles. The molecule has 32 heavy (non-hydrogen) atoms. The predicted octanol–water partition coefficient (Wildman–Crippen LogP) is 3.25. The Labute approximate surface area is 190 Å². The highest BCUT2D eigenvalue weighted by Crippen LogP contribution is 2.27. The summed E-state index contributed by atoms with van der Waals surface area (Å²) in [7, 11) is -3.60. The maximum Gasteiger partial charge on any atom is 0.313 e. The number of hydrogen-bond acceptors (Lipinski definition) is 4. The van der Waals surface area contributed by atoms with Gasteiger partial charge in [-0.25, -0.2) is 8.42 Å². The van der Waals surface area contributed by atoms with Crippen LogP contribution in [0.4, 0.5) is 5.69 Å². The number of aryl methyl sites for hydroxylation is 2. The summed E-state index contributed by atoms with van der Waals surface area (Å²) in [5, 5.41) is 5.20. The van der Waals surface area contributed by atoms with Crippen LogP contribution in [-0.4, -0.2) is 43.7 Å². The predicted molar refractivity (Wildman–Crippen MR) is 125 cm³/mol. The smallest absolute Gasteiger partial charge is 0.313 e. The first-order valence-electron chi connectivity index (χ1n) is 11.1. The van der Waals surface area contributed by atoms with Crippen molar-refractivity contribution in [2.75, 3.05) is 18.4 Å². The average Bonchev–Trinajstić information content (AvgIpc) is 2.80. The minimum absolute atomic E-state index is 0.208. The fraction of sp³-hybridized carbons (Fsp3) is 0.417. The Morgan fingerprint density at radius 1 is 1.00 bits per heavy atom. The van der Waals surface area contributed by atoms with E-state index >= 15 is 0 Å². The minimum Gasteiger partial charge on any atom is -0.348 e. The van der Waals surface area contributed by atoms with Gasteiger partial charge in [-0.2, -0.15) is 4.31 Å². The molecular formula is C24H31N3O4S. The molecule has 1 heterocycles. The molecule has 0 radical (unpaired) electrons. The Balaban J connectivity index is 1.55. The molecule has 1 aliphatic rings. The third-order valence-corrected chi connectivity index (χ3v) is 7.76. The standard InChI is InChI=1S/C24H31N3O4S/c1-3-19-9-11-20(12-10-19)26-24(29)23(28)25-16-15-21-6-4-5-17-27(21)32(30,31)22-13-7-18(2)8-14-22/h7-14,21H,3-6,15-17H2,1-2H3,(H,25,28)(H,26,29). The Bertz CT molecular complexity index is 1030. The van der Waals surface area contributed by atoms with Crippen LogP contribution in [0.1, 0.15) is 43.7 Å². The average molecular weight is 458 g/mol. The molecule has 0 bridgehead atoms. The van der Waals surface area contributed by atoms with Gasteiger partial charge >= 0.3 is 11.8 Å². The van der Waals surface area contributed by atoms with Crippen LogP contribution in [0, 0.1) is 6.92 Å². The number of amides is 2. The van der Waals surface area contributed by atoms with Crippen molar-refractivity contribution in [1.29, 1.82) is 0 Å². The second-order valence-corrected chi connectivity index (χ2v) is 10.0. The molecule has 0 aromatic heterocycles. The lowest BCUT2D eigenvalue weighted by Gasteiger charge is -2.34. The highest BCUT2D eigenvalue weighted by atomic mass is 32.2. The molecule has 0 saturated carbocycles. The second-order valence-electron chi connectivity index (χ2n) is 8.13. The van der Waals surface area contributed by atoms with Crippen LogP contribution in [0.2, 0.25) is 0 Å². The lowest BCUT2D eigenvalue weighted by atomic mass is 10.0. The summed E-state index contributed by atoms with van der Waals surface area (Å²) in [6.45, 7) is 4.65. The molecular weight excluding hydrogens is 426 g/mol. The van der Waals surface area contributed by atoms with E-state index in [2.05, 4.69) is 10.6 Å². The van der Waals surface area contributed by atoms with Gasteiger partial charge in [0.25, 0.3) is 0 Å². The summed E-state index contributed by atoms with van der Waals surface area (Å²) in [6, 6.07) is 14.0. The van der Waals surface area contributed by atoms with E-state index in [1.807, 2.05) is 26.0 Å². The number of nitrogens with one attached hydrogen (secondary N) is 2. The molecule has 3 rings (SSSR count). The molecule has 2 N–H and O–H groups in total. The molecule has 7 nitrogen and oxygen atoms in total.